The van der Waals surface area contributed by atoms with Crippen LogP contribution in [0.4, 0.5) is 4.39 Å². The molecule has 0 spiro atoms. The molecular weight excluding hydrogens is 401 g/mol. The number of rotatable bonds is 4. The van der Waals surface area contributed by atoms with E-state index in [1.807, 2.05) is 60.1 Å². The first-order valence-electron chi connectivity index (χ1n) is 9.60. The molecule has 0 N–H and O–H groups in total. The number of fused-ring (bicyclic) bond motifs is 3. The molecule has 0 aliphatic rings. The first kappa shape index (κ1) is 18.6. The van der Waals surface area contributed by atoms with Crippen molar-refractivity contribution in [2.75, 3.05) is 6.61 Å². The molecule has 148 valence electrons. The highest BCUT2D eigenvalue weighted by Gasteiger charge is 2.17. The standard InChI is InChI=1S/C24H17ClFN3O/c1-2-30-19-10-3-15(4-11-19)23-21-14-27-22-12-7-17(26)13-20(22)24(21)29(28-23)18-8-5-16(25)6-9-18/h3-14H,2H2,1H3. The monoisotopic (exact) mass is 417 g/mol. The van der Waals surface area contributed by atoms with E-state index in [4.69, 9.17) is 21.4 Å². The summed E-state index contributed by atoms with van der Waals surface area (Å²) >= 11 is 6.07. The number of aromatic nitrogens is 3. The van der Waals surface area contributed by atoms with Crippen molar-refractivity contribution in [2.24, 2.45) is 0 Å². The molecule has 0 aliphatic heterocycles. The Morgan fingerprint density at radius 2 is 1.73 bits per heavy atom. The van der Waals surface area contributed by atoms with Gasteiger partial charge in [0, 0.05) is 27.6 Å². The Morgan fingerprint density at radius 3 is 2.47 bits per heavy atom. The number of halogens is 2. The first-order valence-corrected chi connectivity index (χ1v) is 9.98. The fourth-order valence-corrected chi connectivity index (χ4v) is 3.74. The van der Waals surface area contributed by atoms with Gasteiger partial charge in [0.05, 0.1) is 23.3 Å². The summed E-state index contributed by atoms with van der Waals surface area (Å²) in [6.07, 6.45) is 1.79. The van der Waals surface area contributed by atoms with Crippen LogP contribution in [0.3, 0.4) is 0 Å². The highest BCUT2D eigenvalue weighted by molar-refractivity contribution is 6.30. The molecule has 5 rings (SSSR count). The van der Waals surface area contributed by atoms with Gasteiger partial charge in [0.25, 0.3) is 0 Å². The molecule has 3 aromatic carbocycles. The Balaban J connectivity index is 1.81. The number of benzene rings is 3. The highest BCUT2D eigenvalue weighted by Crippen LogP contribution is 2.34. The maximum absolute atomic E-state index is 14.1. The normalized spacial score (nSPS) is 11.3. The van der Waals surface area contributed by atoms with Crippen LogP contribution < -0.4 is 4.74 Å². The van der Waals surface area contributed by atoms with Gasteiger partial charge in [-0.15, -0.1) is 0 Å². The van der Waals surface area contributed by atoms with Gasteiger partial charge in [-0.3, -0.25) is 4.98 Å². The SMILES string of the molecule is CCOc1ccc(-c2nn(-c3ccc(Cl)cc3)c3c2cnc2ccc(F)cc23)cc1. The molecule has 0 amide bonds. The number of nitrogens with zero attached hydrogens (tertiary/aromatic N) is 3. The molecule has 0 saturated carbocycles. The van der Waals surface area contributed by atoms with Gasteiger partial charge in [-0.25, -0.2) is 9.07 Å². The van der Waals surface area contributed by atoms with Crippen LogP contribution in [-0.2, 0) is 0 Å². The summed E-state index contributed by atoms with van der Waals surface area (Å²) in [6.45, 7) is 2.56. The quantitative estimate of drug-likeness (QED) is 0.338. The van der Waals surface area contributed by atoms with Crippen LogP contribution in [0.1, 0.15) is 6.92 Å². The zero-order valence-corrected chi connectivity index (χ0v) is 16.9. The van der Waals surface area contributed by atoms with E-state index in [2.05, 4.69) is 4.98 Å². The van der Waals surface area contributed by atoms with Crippen molar-refractivity contribution in [1.29, 1.82) is 0 Å². The molecule has 2 heterocycles. The molecule has 0 bridgehead atoms. The van der Waals surface area contributed by atoms with Crippen LogP contribution in [0.25, 0.3) is 38.8 Å². The minimum absolute atomic E-state index is 0.316. The Kier molecular flexibility index (Phi) is 4.60. The molecule has 0 atom stereocenters. The third kappa shape index (κ3) is 3.17. The molecule has 4 nitrogen and oxygen atoms in total. The van der Waals surface area contributed by atoms with Gasteiger partial charge in [-0.2, -0.15) is 5.10 Å². The second kappa shape index (κ2) is 7.43. The Labute approximate surface area is 177 Å². The highest BCUT2D eigenvalue weighted by atomic mass is 35.5. The van der Waals surface area contributed by atoms with Crippen LogP contribution in [-0.4, -0.2) is 21.4 Å². The number of pyridine rings is 1. The van der Waals surface area contributed by atoms with E-state index in [0.29, 0.717) is 22.5 Å². The summed E-state index contributed by atoms with van der Waals surface area (Å²) in [5.41, 5.74) is 4.02. The zero-order valence-electron chi connectivity index (χ0n) is 16.1. The lowest BCUT2D eigenvalue weighted by molar-refractivity contribution is 0.340. The fourth-order valence-electron chi connectivity index (χ4n) is 3.61. The molecule has 0 saturated heterocycles. The molecule has 0 radical (unpaired) electrons. The lowest BCUT2D eigenvalue weighted by Crippen LogP contribution is -1.97. The summed E-state index contributed by atoms with van der Waals surface area (Å²) in [7, 11) is 0. The van der Waals surface area contributed by atoms with Crippen molar-refractivity contribution in [1.82, 2.24) is 14.8 Å². The van der Waals surface area contributed by atoms with Crippen molar-refractivity contribution >= 4 is 33.4 Å². The molecular formula is C24H17ClFN3O. The third-order valence-electron chi connectivity index (χ3n) is 4.98. The Hall–Kier alpha value is -3.44. The van der Waals surface area contributed by atoms with Crippen LogP contribution in [0.5, 0.6) is 5.75 Å². The van der Waals surface area contributed by atoms with Crippen LogP contribution >= 0.6 is 11.6 Å². The number of hydrogen-bond acceptors (Lipinski definition) is 3. The Bertz CT molecular complexity index is 1360. The lowest BCUT2D eigenvalue weighted by Gasteiger charge is -2.06. The average molecular weight is 418 g/mol. The summed E-state index contributed by atoms with van der Waals surface area (Å²) in [5.74, 6) is 0.483. The maximum atomic E-state index is 14.1. The zero-order chi connectivity index (χ0) is 20.7. The third-order valence-corrected chi connectivity index (χ3v) is 5.23. The second-order valence-electron chi connectivity index (χ2n) is 6.88. The second-order valence-corrected chi connectivity index (χ2v) is 7.31. The Morgan fingerprint density at radius 1 is 0.967 bits per heavy atom. The lowest BCUT2D eigenvalue weighted by atomic mass is 10.1. The van der Waals surface area contributed by atoms with Crippen molar-refractivity contribution in [3.05, 3.63) is 83.8 Å². The number of ether oxygens (including phenoxy) is 1. The minimum Gasteiger partial charge on any atom is -0.494 e. The van der Waals surface area contributed by atoms with Crippen molar-refractivity contribution in [2.45, 2.75) is 6.92 Å². The first-order chi connectivity index (χ1) is 14.6. The molecule has 0 fully saturated rings. The van der Waals surface area contributed by atoms with Gasteiger partial charge in [0.2, 0.25) is 0 Å². The van der Waals surface area contributed by atoms with Gasteiger partial charge in [0.15, 0.2) is 0 Å². The van der Waals surface area contributed by atoms with Gasteiger partial charge >= 0.3 is 0 Å². The van der Waals surface area contributed by atoms with E-state index in [1.54, 1.807) is 12.3 Å². The minimum atomic E-state index is -0.316. The van der Waals surface area contributed by atoms with E-state index < -0.39 is 0 Å². The van der Waals surface area contributed by atoms with Crippen LogP contribution in [0.15, 0.2) is 72.9 Å². The molecule has 2 aromatic heterocycles. The number of hydrogen-bond donors (Lipinski definition) is 0. The van der Waals surface area contributed by atoms with Crippen LogP contribution in [0, 0.1) is 5.82 Å². The van der Waals surface area contributed by atoms with Gasteiger partial charge in [-0.1, -0.05) is 11.6 Å². The van der Waals surface area contributed by atoms with E-state index in [1.165, 1.54) is 12.1 Å². The largest absolute Gasteiger partial charge is 0.494 e. The summed E-state index contributed by atoms with van der Waals surface area (Å²) in [4.78, 5) is 4.54. The van der Waals surface area contributed by atoms with Gasteiger partial charge < -0.3 is 4.74 Å². The van der Waals surface area contributed by atoms with Gasteiger partial charge in [-0.05, 0) is 73.7 Å². The van der Waals surface area contributed by atoms with Crippen molar-refractivity contribution < 1.29 is 9.13 Å². The molecule has 0 aliphatic carbocycles. The van der Waals surface area contributed by atoms with E-state index in [0.717, 1.165) is 33.6 Å². The predicted molar refractivity (Wildman–Crippen MR) is 118 cm³/mol. The van der Waals surface area contributed by atoms with Crippen molar-refractivity contribution in [3.63, 3.8) is 0 Å². The smallest absolute Gasteiger partial charge is 0.124 e. The summed E-state index contributed by atoms with van der Waals surface area (Å²) in [6, 6.07) is 19.8. The molecule has 0 unspecified atom stereocenters. The molecule has 5 aromatic rings. The predicted octanol–water partition coefficient (Wildman–Crippen LogP) is 6.43. The average Bonchev–Trinajstić information content (AvgIpc) is 3.15. The molecule has 6 heteroatoms. The van der Waals surface area contributed by atoms with Crippen molar-refractivity contribution in [3.8, 4) is 22.7 Å². The summed E-state index contributed by atoms with van der Waals surface area (Å²) in [5, 5.41) is 7.06. The van der Waals surface area contributed by atoms with E-state index in [-0.39, 0.29) is 5.82 Å². The van der Waals surface area contributed by atoms with E-state index >= 15 is 0 Å². The topological polar surface area (TPSA) is 39.9 Å². The summed E-state index contributed by atoms with van der Waals surface area (Å²) < 4.78 is 21.5. The van der Waals surface area contributed by atoms with Gasteiger partial charge in [0.1, 0.15) is 17.3 Å². The van der Waals surface area contributed by atoms with E-state index in [9.17, 15) is 4.39 Å². The van der Waals surface area contributed by atoms with Crippen LogP contribution in [0.2, 0.25) is 5.02 Å². The maximum Gasteiger partial charge on any atom is 0.124 e. The molecule has 30 heavy (non-hydrogen) atoms. The fraction of sp³-hybridized carbons (Fsp3) is 0.0833.